The summed E-state index contributed by atoms with van der Waals surface area (Å²) in [6, 6.07) is 4.32. The van der Waals surface area contributed by atoms with E-state index in [1.807, 2.05) is 11.4 Å². The summed E-state index contributed by atoms with van der Waals surface area (Å²) >= 11 is 4.67. The van der Waals surface area contributed by atoms with Crippen molar-refractivity contribution in [2.75, 3.05) is 11.9 Å². The van der Waals surface area contributed by atoms with Crippen LogP contribution in [0, 0.1) is 11.6 Å². The van der Waals surface area contributed by atoms with Crippen LogP contribution in [0.25, 0.3) is 0 Å². The molecule has 0 spiro atoms. The van der Waals surface area contributed by atoms with Gasteiger partial charge in [0.15, 0.2) is 0 Å². The molecule has 0 aliphatic heterocycles. The Bertz CT molecular complexity index is 499. The standard InChI is InChI=1S/C12H10BrF2NS/c13-9-5-12(11(15)6-10(9)14)16-3-1-8-2-4-17-7-8/h2,4-7,16H,1,3H2. The van der Waals surface area contributed by atoms with E-state index in [0.29, 0.717) is 12.2 Å². The van der Waals surface area contributed by atoms with E-state index in [4.69, 9.17) is 0 Å². The molecule has 5 heteroatoms. The number of anilines is 1. The number of halogens is 3. The molecule has 1 nitrogen and oxygen atoms in total. The second-order valence-corrected chi connectivity index (χ2v) is 5.19. The summed E-state index contributed by atoms with van der Waals surface area (Å²) in [7, 11) is 0. The van der Waals surface area contributed by atoms with Crippen LogP contribution < -0.4 is 5.32 Å². The van der Waals surface area contributed by atoms with Crippen molar-refractivity contribution in [2.45, 2.75) is 6.42 Å². The van der Waals surface area contributed by atoms with Gasteiger partial charge in [0.1, 0.15) is 11.6 Å². The summed E-state index contributed by atoms with van der Waals surface area (Å²) in [6.07, 6.45) is 0.817. The lowest BCUT2D eigenvalue weighted by molar-refractivity contribution is 0.580. The lowest BCUT2D eigenvalue weighted by Gasteiger charge is -2.08. The molecule has 2 aromatic rings. The fraction of sp³-hybridized carbons (Fsp3) is 0.167. The molecule has 0 saturated carbocycles. The molecule has 1 N–H and O–H groups in total. The Morgan fingerprint density at radius 3 is 2.76 bits per heavy atom. The maximum atomic E-state index is 13.4. The topological polar surface area (TPSA) is 12.0 Å². The van der Waals surface area contributed by atoms with E-state index in [9.17, 15) is 8.78 Å². The minimum atomic E-state index is -0.592. The van der Waals surface area contributed by atoms with E-state index in [-0.39, 0.29) is 4.47 Å². The maximum absolute atomic E-state index is 13.4. The normalized spacial score (nSPS) is 10.5. The van der Waals surface area contributed by atoms with Crippen LogP contribution in [-0.2, 0) is 6.42 Å². The van der Waals surface area contributed by atoms with Gasteiger partial charge in [-0.3, -0.25) is 0 Å². The Morgan fingerprint density at radius 1 is 1.24 bits per heavy atom. The number of rotatable bonds is 4. The van der Waals surface area contributed by atoms with Gasteiger partial charge in [-0.15, -0.1) is 0 Å². The monoisotopic (exact) mass is 317 g/mol. The highest BCUT2D eigenvalue weighted by Gasteiger charge is 2.07. The summed E-state index contributed by atoms with van der Waals surface area (Å²) in [4.78, 5) is 0. The third-order valence-electron chi connectivity index (χ3n) is 2.32. The molecule has 0 atom stereocenters. The van der Waals surface area contributed by atoms with Crippen molar-refractivity contribution in [1.29, 1.82) is 0 Å². The second-order valence-electron chi connectivity index (χ2n) is 3.55. The Balaban J connectivity index is 1.97. The summed E-state index contributed by atoms with van der Waals surface area (Å²) in [5.74, 6) is -1.16. The first-order valence-electron chi connectivity index (χ1n) is 5.06. The van der Waals surface area contributed by atoms with E-state index < -0.39 is 11.6 Å². The van der Waals surface area contributed by atoms with E-state index in [1.165, 1.54) is 11.6 Å². The Kier molecular flexibility index (Phi) is 4.12. The number of nitrogens with one attached hydrogen (secondary N) is 1. The molecule has 1 heterocycles. The molecule has 1 aromatic heterocycles. The van der Waals surface area contributed by atoms with Crippen molar-refractivity contribution in [3.63, 3.8) is 0 Å². The zero-order valence-electron chi connectivity index (χ0n) is 8.84. The molecule has 0 unspecified atom stereocenters. The van der Waals surface area contributed by atoms with Gasteiger partial charge < -0.3 is 5.32 Å². The molecule has 0 amide bonds. The van der Waals surface area contributed by atoms with E-state index >= 15 is 0 Å². The molecule has 2 rings (SSSR count). The van der Waals surface area contributed by atoms with Gasteiger partial charge in [0.2, 0.25) is 0 Å². The maximum Gasteiger partial charge on any atom is 0.149 e. The second kappa shape index (κ2) is 5.60. The molecule has 0 aliphatic carbocycles. The van der Waals surface area contributed by atoms with Crippen molar-refractivity contribution < 1.29 is 8.78 Å². The first-order valence-corrected chi connectivity index (χ1v) is 6.80. The third-order valence-corrected chi connectivity index (χ3v) is 3.66. The van der Waals surface area contributed by atoms with Gasteiger partial charge in [-0.25, -0.2) is 8.78 Å². The minimum Gasteiger partial charge on any atom is -0.382 e. The van der Waals surface area contributed by atoms with Crippen molar-refractivity contribution >= 4 is 33.0 Å². The molecular weight excluding hydrogens is 308 g/mol. The van der Waals surface area contributed by atoms with Gasteiger partial charge >= 0.3 is 0 Å². The lowest BCUT2D eigenvalue weighted by atomic mass is 10.2. The molecule has 17 heavy (non-hydrogen) atoms. The highest BCUT2D eigenvalue weighted by molar-refractivity contribution is 9.10. The Labute approximate surface area is 111 Å². The quantitative estimate of drug-likeness (QED) is 0.822. The predicted molar refractivity (Wildman–Crippen MR) is 70.6 cm³/mol. The highest BCUT2D eigenvalue weighted by Crippen LogP contribution is 2.23. The Hall–Kier alpha value is -0.940. The molecule has 0 bridgehead atoms. The van der Waals surface area contributed by atoms with E-state index in [2.05, 4.69) is 26.6 Å². The summed E-state index contributed by atoms with van der Waals surface area (Å²) in [5, 5.41) is 7.01. The molecule has 0 aliphatic rings. The van der Waals surface area contributed by atoms with Crippen molar-refractivity contribution in [3.8, 4) is 0 Å². The zero-order chi connectivity index (χ0) is 12.3. The van der Waals surface area contributed by atoms with Crippen molar-refractivity contribution in [1.82, 2.24) is 0 Å². The van der Waals surface area contributed by atoms with E-state index in [1.54, 1.807) is 11.3 Å². The van der Waals surface area contributed by atoms with Gasteiger partial charge in [-0.2, -0.15) is 11.3 Å². The van der Waals surface area contributed by atoms with E-state index in [0.717, 1.165) is 12.5 Å². The van der Waals surface area contributed by atoms with Crippen molar-refractivity contribution in [2.24, 2.45) is 0 Å². The number of benzene rings is 1. The van der Waals surface area contributed by atoms with Gasteiger partial charge in [0.25, 0.3) is 0 Å². The molecule has 90 valence electrons. The van der Waals surface area contributed by atoms with Gasteiger partial charge in [0, 0.05) is 12.6 Å². The average molecular weight is 318 g/mol. The van der Waals surface area contributed by atoms with Crippen LogP contribution >= 0.6 is 27.3 Å². The highest BCUT2D eigenvalue weighted by atomic mass is 79.9. The van der Waals surface area contributed by atoms with Gasteiger partial charge in [-0.1, -0.05) is 0 Å². The van der Waals surface area contributed by atoms with Crippen LogP contribution in [0.1, 0.15) is 5.56 Å². The summed E-state index contributed by atoms with van der Waals surface area (Å²) < 4.78 is 26.6. The fourth-order valence-corrected chi connectivity index (χ4v) is 2.48. The minimum absolute atomic E-state index is 0.261. The summed E-state index contributed by atoms with van der Waals surface area (Å²) in [6.45, 7) is 0.617. The van der Waals surface area contributed by atoms with Gasteiger partial charge in [-0.05, 0) is 50.8 Å². The van der Waals surface area contributed by atoms with Crippen LogP contribution in [0.4, 0.5) is 14.5 Å². The van der Waals surface area contributed by atoms with Crippen LogP contribution in [0.3, 0.4) is 0 Å². The fourth-order valence-electron chi connectivity index (χ4n) is 1.43. The average Bonchev–Trinajstić information content (AvgIpc) is 2.78. The number of thiophene rings is 1. The summed E-state index contributed by atoms with van der Waals surface area (Å²) in [5.41, 5.74) is 1.53. The Morgan fingerprint density at radius 2 is 2.06 bits per heavy atom. The van der Waals surface area contributed by atoms with Crippen molar-refractivity contribution in [3.05, 3.63) is 50.6 Å². The number of hydrogen-bond acceptors (Lipinski definition) is 2. The van der Waals surface area contributed by atoms with Crippen LogP contribution in [0.15, 0.2) is 33.4 Å². The van der Waals surface area contributed by atoms with Crippen LogP contribution in [-0.4, -0.2) is 6.54 Å². The smallest absolute Gasteiger partial charge is 0.149 e. The third kappa shape index (κ3) is 3.26. The molecule has 0 radical (unpaired) electrons. The molecule has 0 saturated heterocycles. The molecule has 0 fully saturated rings. The SMILES string of the molecule is Fc1cc(F)c(NCCc2ccsc2)cc1Br. The molecular formula is C12H10BrF2NS. The number of hydrogen-bond donors (Lipinski definition) is 1. The lowest BCUT2D eigenvalue weighted by Crippen LogP contribution is -2.06. The first-order chi connectivity index (χ1) is 8.16. The first kappa shape index (κ1) is 12.5. The van der Waals surface area contributed by atoms with Gasteiger partial charge in [0.05, 0.1) is 10.2 Å². The zero-order valence-corrected chi connectivity index (χ0v) is 11.2. The van der Waals surface area contributed by atoms with Crippen LogP contribution in [0.5, 0.6) is 0 Å². The molecule has 1 aromatic carbocycles. The predicted octanol–water partition coefficient (Wildman–Crippen LogP) is 4.44. The van der Waals surface area contributed by atoms with Crippen LogP contribution in [0.2, 0.25) is 0 Å². The largest absolute Gasteiger partial charge is 0.382 e.